The zero-order valence-electron chi connectivity index (χ0n) is 13.7. The van der Waals surface area contributed by atoms with Gasteiger partial charge in [-0.3, -0.25) is 4.79 Å². The molecule has 0 saturated heterocycles. The Bertz CT molecular complexity index is 912. The van der Waals surface area contributed by atoms with E-state index in [1.54, 1.807) is 19.1 Å². The lowest BCUT2D eigenvalue weighted by Gasteiger charge is -2.09. The van der Waals surface area contributed by atoms with Gasteiger partial charge in [-0.1, -0.05) is 15.9 Å². The average Bonchev–Trinajstić information content (AvgIpc) is 2.59. The summed E-state index contributed by atoms with van der Waals surface area (Å²) in [4.78, 5) is 15.7. The van der Waals surface area contributed by atoms with Gasteiger partial charge in [-0.2, -0.15) is 10.1 Å². The highest BCUT2D eigenvalue weighted by molar-refractivity contribution is 9.10. The number of carbonyl (C=O) groups is 1. The average molecular weight is 398 g/mol. The van der Waals surface area contributed by atoms with Crippen molar-refractivity contribution in [2.24, 2.45) is 0 Å². The van der Waals surface area contributed by atoms with E-state index < -0.39 is 0 Å². The van der Waals surface area contributed by atoms with Gasteiger partial charge in [0, 0.05) is 21.4 Å². The molecule has 0 aliphatic rings. The number of nitrogens with zero attached hydrogens (tertiary/aromatic N) is 3. The third kappa shape index (κ3) is 4.39. The van der Waals surface area contributed by atoms with Crippen molar-refractivity contribution in [1.82, 2.24) is 15.2 Å². The van der Waals surface area contributed by atoms with Crippen molar-refractivity contribution >= 4 is 44.9 Å². The number of rotatable bonds is 5. The molecule has 0 spiro atoms. The van der Waals surface area contributed by atoms with Gasteiger partial charge in [-0.05, 0) is 61.9 Å². The van der Waals surface area contributed by atoms with Crippen LogP contribution in [0.2, 0.25) is 0 Å². The Balaban J connectivity index is 1.74. The quantitative estimate of drug-likeness (QED) is 0.610. The van der Waals surface area contributed by atoms with Gasteiger partial charge in [0.15, 0.2) is 11.6 Å². The van der Waals surface area contributed by atoms with E-state index in [2.05, 4.69) is 41.7 Å². The Hall–Kier alpha value is -2.80. The first-order chi connectivity index (χ1) is 12.0. The van der Waals surface area contributed by atoms with Crippen LogP contribution < -0.4 is 10.6 Å². The van der Waals surface area contributed by atoms with Crippen molar-refractivity contribution in [1.29, 1.82) is 0 Å². The second-order valence-corrected chi connectivity index (χ2v) is 6.37. The van der Waals surface area contributed by atoms with Crippen LogP contribution in [0.1, 0.15) is 22.8 Å². The molecule has 0 aliphatic carbocycles. The normalized spacial score (nSPS) is 10.4. The van der Waals surface area contributed by atoms with Gasteiger partial charge >= 0.3 is 0 Å². The van der Waals surface area contributed by atoms with E-state index in [4.69, 9.17) is 0 Å². The van der Waals surface area contributed by atoms with Crippen LogP contribution in [0.5, 0.6) is 0 Å². The standard InChI is InChI=1S/C18H16BrN5O/c1-11-9-15(7-8-16(11)19)22-18-23-17(10-20-24-18)21-14-5-3-13(4-6-14)12(2)25/h3-10H,1-2H3,(H2,21,22,23,24). The van der Waals surface area contributed by atoms with Crippen LogP contribution in [0.15, 0.2) is 53.1 Å². The molecule has 0 unspecified atom stereocenters. The Morgan fingerprint density at radius 3 is 2.44 bits per heavy atom. The Morgan fingerprint density at radius 1 is 1.04 bits per heavy atom. The van der Waals surface area contributed by atoms with Crippen molar-refractivity contribution in [3.05, 3.63) is 64.3 Å². The van der Waals surface area contributed by atoms with E-state index in [1.165, 1.54) is 6.20 Å². The highest BCUT2D eigenvalue weighted by Gasteiger charge is 2.04. The summed E-state index contributed by atoms with van der Waals surface area (Å²) in [5.74, 6) is 0.987. The molecule has 3 aromatic rings. The maximum absolute atomic E-state index is 11.3. The van der Waals surface area contributed by atoms with Crippen LogP contribution in [0, 0.1) is 6.92 Å². The number of aromatic nitrogens is 3. The molecular weight excluding hydrogens is 382 g/mol. The summed E-state index contributed by atoms with van der Waals surface area (Å²) >= 11 is 3.47. The molecule has 3 rings (SSSR count). The molecule has 0 bridgehead atoms. The minimum Gasteiger partial charge on any atom is -0.339 e. The third-order valence-electron chi connectivity index (χ3n) is 3.54. The molecule has 25 heavy (non-hydrogen) atoms. The highest BCUT2D eigenvalue weighted by atomic mass is 79.9. The summed E-state index contributed by atoms with van der Waals surface area (Å²) in [6, 6.07) is 13.1. The minimum absolute atomic E-state index is 0.0338. The third-order valence-corrected chi connectivity index (χ3v) is 4.43. The molecular formula is C18H16BrN5O. The van der Waals surface area contributed by atoms with E-state index in [9.17, 15) is 4.79 Å². The predicted molar refractivity (Wildman–Crippen MR) is 102 cm³/mol. The summed E-state index contributed by atoms with van der Waals surface area (Å²) < 4.78 is 1.04. The van der Waals surface area contributed by atoms with Crippen LogP contribution in [0.3, 0.4) is 0 Å². The molecule has 1 aromatic heterocycles. The van der Waals surface area contributed by atoms with Gasteiger partial charge in [-0.25, -0.2) is 0 Å². The van der Waals surface area contributed by atoms with Gasteiger partial charge in [-0.15, -0.1) is 5.10 Å². The van der Waals surface area contributed by atoms with E-state index in [1.807, 2.05) is 37.3 Å². The largest absolute Gasteiger partial charge is 0.339 e. The fourth-order valence-electron chi connectivity index (χ4n) is 2.20. The number of aryl methyl sites for hydroxylation is 1. The van der Waals surface area contributed by atoms with Gasteiger partial charge in [0.1, 0.15) is 0 Å². The van der Waals surface area contributed by atoms with Crippen molar-refractivity contribution in [3.63, 3.8) is 0 Å². The minimum atomic E-state index is 0.0338. The second kappa shape index (κ2) is 7.40. The number of ketones is 1. The lowest BCUT2D eigenvalue weighted by atomic mass is 10.1. The van der Waals surface area contributed by atoms with Crippen molar-refractivity contribution in [2.75, 3.05) is 10.6 Å². The topological polar surface area (TPSA) is 79.8 Å². The molecule has 7 heteroatoms. The van der Waals surface area contributed by atoms with E-state index >= 15 is 0 Å². The van der Waals surface area contributed by atoms with Crippen molar-refractivity contribution < 1.29 is 4.79 Å². The number of hydrogen-bond acceptors (Lipinski definition) is 6. The molecule has 2 N–H and O–H groups in total. The van der Waals surface area contributed by atoms with E-state index in [-0.39, 0.29) is 5.78 Å². The lowest BCUT2D eigenvalue weighted by Crippen LogP contribution is -2.02. The maximum atomic E-state index is 11.3. The Morgan fingerprint density at radius 2 is 1.76 bits per heavy atom. The molecule has 0 aliphatic heterocycles. The van der Waals surface area contributed by atoms with Gasteiger partial charge < -0.3 is 10.6 Å². The molecule has 1 heterocycles. The number of Topliss-reactive ketones (excluding diaryl/α,β-unsaturated/α-hetero) is 1. The summed E-state index contributed by atoms with van der Waals surface area (Å²) in [7, 11) is 0. The molecule has 0 radical (unpaired) electrons. The molecule has 2 aromatic carbocycles. The first-order valence-electron chi connectivity index (χ1n) is 7.62. The summed E-state index contributed by atoms with van der Waals surface area (Å²) in [5.41, 5.74) is 3.47. The van der Waals surface area contributed by atoms with Crippen molar-refractivity contribution in [3.8, 4) is 0 Å². The van der Waals surface area contributed by atoms with E-state index in [0.717, 1.165) is 21.4 Å². The van der Waals surface area contributed by atoms with Gasteiger partial charge in [0.25, 0.3) is 0 Å². The number of halogens is 1. The molecule has 0 atom stereocenters. The van der Waals surface area contributed by atoms with Crippen LogP contribution >= 0.6 is 15.9 Å². The SMILES string of the molecule is CC(=O)c1ccc(Nc2cnnc(Nc3ccc(Br)c(C)c3)n2)cc1. The number of hydrogen-bond donors (Lipinski definition) is 2. The predicted octanol–water partition coefficient (Wildman–Crippen LogP) is 4.63. The first-order valence-corrected chi connectivity index (χ1v) is 8.41. The summed E-state index contributed by atoms with van der Waals surface area (Å²) in [5, 5.41) is 14.2. The number of nitrogens with one attached hydrogen (secondary N) is 2. The zero-order valence-corrected chi connectivity index (χ0v) is 15.3. The molecule has 0 fully saturated rings. The number of anilines is 4. The van der Waals surface area contributed by atoms with E-state index in [0.29, 0.717) is 17.3 Å². The van der Waals surface area contributed by atoms with Crippen molar-refractivity contribution in [2.45, 2.75) is 13.8 Å². The maximum Gasteiger partial charge on any atom is 0.249 e. The Labute approximate surface area is 153 Å². The molecule has 126 valence electrons. The van der Waals surface area contributed by atoms with Gasteiger partial charge in [0.05, 0.1) is 6.20 Å². The first kappa shape index (κ1) is 17.0. The molecule has 0 saturated carbocycles. The fraction of sp³-hybridized carbons (Fsp3) is 0.111. The molecule has 0 amide bonds. The number of benzene rings is 2. The van der Waals surface area contributed by atoms with Crippen LogP contribution in [0.4, 0.5) is 23.1 Å². The monoisotopic (exact) mass is 397 g/mol. The summed E-state index contributed by atoms with van der Waals surface area (Å²) in [6.45, 7) is 3.55. The lowest BCUT2D eigenvalue weighted by molar-refractivity contribution is 0.101. The van der Waals surface area contributed by atoms with Crippen LogP contribution in [-0.2, 0) is 0 Å². The zero-order chi connectivity index (χ0) is 17.8. The molecule has 6 nitrogen and oxygen atoms in total. The fourth-order valence-corrected chi connectivity index (χ4v) is 2.45. The highest BCUT2D eigenvalue weighted by Crippen LogP contribution is 2.22. The Kier molecular flexibility index (Phi) is 5.04. The summed E-state index contributed by atoms with van der Waals surface area (Å²) in [6.07, 6.45) is 1.54. The second-order valence-electron chi connectivity index (χ2n) is 5.51. The van der Waals surface area contributed by atoms with Crippen LogP contribution in [-0.4, -0.2) is 21.0 Å². The van der Waals surface area contributed by atoms with Crippen LogP contribution in [0.25, 0.3) is 0 Å². The smallest absolute Gasteiger partial charge is 0.249 e. The number of carbonyl (C=O) groups excluding carboxylic acids is 1. The van der Waals surface area contributed by atoms with Gasteiger partial charge in [0.2, 0.25) is 5.95 Å².